The highest BCUT2D eigenvalue weighted by atomic mass is 15.2. The van der Waals surface area contributed by atoms with Crippen molar-refractivity contribution in [2.45, 2.75) is 19.3 Å². The first-order valence-corrected chi connectivity index (χ1v) is 20.6. The van der Waals surface area contributed by atoms with Crippen LogP contribution in [0.2, 0.25) is 0 Å². The molecule has 2 heterocycles. The van der Waals surface area contributed by atoms with Crippen molar-refractivity contribution < 1.29 is 0 Å². The van der Waals surface area contributed by atoms with E-state index in [1.54, 1.807) is 0 Å². The number of hydrogen-bond donors (Lipinski definition) is 0. The lowest BCUT2D eigenvalue weighted by Crippen LogP contribution is -2.16. The maximum Gasteiger partial charge on any atom is 0.0540 e. The van der Waals surface area contributed by atoms with Crippen LogP contribution in [0.4, 0.5) is 34.1 Å². The molecular weight excluding hydrogens is 713 g/mol. The third kappa shape index (κ3) is 5.00. The Morgan fingerprint density at radius 2 is 0.678 bits per heavy atom. The first kappa shape index (κ1) is 33.7. The Balaban J connectivity index is 1.06. The van der Waals surface area contributed by atoms with Gasteiger partial charge in [-0.25, -0.2) is 0 Å². The largest absolute Gasteiger partial charge is 0.309 e. The lowest BCUT2D eigenvalue weighted by atomic mass is 9.82. The van der Waals surface area contributed by atoms with Gasteiger partial charge >= 0.3 is 0 Å². The Kier molecular flexibility index (Phi) is 7.31. The summed E-state index contributed by atoms with van der Waals surface area (Å²) in [7, 11) is 0. The number of fused-ring (bicyclic) bond motifs is 13. The van der Waals surface area contributed by atoms with E-state index in [4.69, 9.17) is 0 Å². The van der Waals surface area contributed by atoms with Crippen LogP contribution in [0.25, 0.3) is 66.8 Å². The standard InChI is InChI=1S/C57H40N2/c1-57(2)51-25-13-10-22-45(51)46-31-30-40(36-52(46)57)59-54-27-15-12-24-48(54)42-19-7-9-21-44(42)50-35-38(29-33-56(50)59)37-28-32-55-49(34-37)43-20-8-6-18-41(43)47-23-11-14-26-53(47)58(55)39-16-4-3-5-17-39/h3-36H,1-2H3. The second-order valence-electron chi connectivity index (χ2n) is 16.5. The average molecular weight is 753 g/mol. The number of para-hydroxylation sites is 3. The minimum atomic E-state index is -0.107. The Labute approximate surface area is 345 Å². The molecule has 0 radical (unpaired) electrons. The normalized spacial score (nSPS) is 13.7. The first-order chi connectivity index (χ1) is 29.0. The van der Waals surface area contributed by atoms with Gasteiger partial charge in [0.05, 0.1) is 22.7 Å². The average Bonchev–Trinajstić information content (AvgIpc) is 3.38. The maximum absolute atomic E-state index is 2.50. The van der Waals surface area contributed by atoms with Gasteiger partial charge in [-0.1, -0.05) is 159 Å². The molecule has 2 nitrogen and oxygen atoms in total. The van der Waals surface area contributed by atoms with E-state index in [0.29, 0.717) is 0 Å². The summed E-state index contributed by atoms with van der Waals surface area (Å²) < 4.78 is 0. The predicted octanol–water partition coefficient (Wildman–Crippen LogP) is 15.9. The fourth-order valence-electron chi connectivity index (χ4n) is 10.2. The molecule has 0 atom stereocenters. The molecule has 12 rings (SSSR count). The first-order valence-electron chi connectivity index (χ1n) is 20.6. The lowest BCUT2D eigenvalue weighted by Gasteiger charge is -2.29. The van der Waals surface area contributed by atoms with Crippen molar-refractivity contribution in [3.05, 3.63) is 217 Å². The zero-order chi connectivity index (χ0) is 39.2. The summed E-state index contributed by atoms with van der Waals surface area (Å²) in [5.74, 6) is 0. The molecule has 0 N–H and O–H groups in total. The molecule has 2 aliphatic heterocycles. The molecule has 0 spiro atoms. The molecule has 0 bridgehead atoms. The van der Waals surface area contributed by atoms with Gasteiger partial charge in [-0.15, -0.1) is 0 Å². The molecule has 0 unspecified atom stereocenters. The van der Waals surface area contributed by atoms with Crippen LogP contribution in [-0.2, 0) is 5.41 Å². The molecule has 0 fully saturated rings. The van der Waals surface area contributed by atoms with Gasteiger partial charge in [-0.2, -0.15) is 0 Å². The van der Waals surface area contributed by atoms with E-state index in [0.717, 1.165) is 5.69 Å². The third-order valence-corrected chi connectivity index (χ3v) is 13.0. The van der Waals surface area contributed by atoms with Crippen LogP contribution in [0.3, 0.4) is 0 Å². The number of anilines is 6. The van der Waals surface area contributed by atoms with Gasteiger partial charge in [0.25, 0.3) is 0 Å². The number of nitrogens with zero attached hydrogens (tertiary/aromatic N) is 2. The van der Waals surface area contributed by atoms with Crippen molar-refractivity contribution in [3.8, 4) is 66.8 Å². The molecule has 278 valence electrons. The molecule has 9 aromatic carbocycles. The van der Waals surface area contributed by atoms with E-state index < -0.39 is 0 Å². The molecule has 3 aliphatic rings. The number of hydrogen-bond acceptors (Lipinski definition) is 2. The molecule has 2 heteroatoms. The number of benzene rings is 9. The summed E-state index contributed by atoms with van der Waals surface area (Å²) in [6, 6.07) is 76.4. The van der Waals surface area contributed by atoms with E-state index in [1.165, 1.54) is 106 Å². The summed E-state index contributed by atoms with van der Waals surface area (Å²) >= 11 is 0. The molecule has 0 saturated heterocycles. The molecule has 9 aromatic rings. The summed E-state index contributed by atoms with van der Waals surface area (Å²) in [6.45, 7) is 4.73. The Morgan fingerprint density at radius 1 is 0.271 bits per heavy atom. The summed E-state index contributed by atoms with van der Waals surface area (Å²) in [5.41, 5.74) is 24.5. The number of rotatable bonds is 3. The second-order valence-corrected chi connectivity index (χ2v) is 16.5. The van der Waals surface area contributed by atoms with E-state index in [1.807, 2.05) is 0 Å². The van der Waals surface area contributed by atoms with Crippen LogP contribution in [0, 0.1) is 0 Å². The summed E-state index contributed by atoms with van der Waals surface area (Å²) in [5, 5.41) is 0. The monoisotopic (exact) mass is 752 g/mol. The highest BCUT2D eigenvalue weighted by molar-refractivity contribution is 6.06. The Bertz CT molecular complexity index is 3150. The van der Waals surface area contributed by atoms with Crippen molar-refractivity contribution in [1.29, 1.82) is 0 Å². The summed E-state index contributed by atoms with van der Waals surface area (Å²) in [6.07, 6.45) is 0. The fourth-order valence-corrected chi connectivity index (χ4v) is 10.2. The zero-order valence-electron chi connectivity index (χ0n) is 33.0. The second kappa shape index (κ2) is 12.8. The minimum Gasteiger partial charge on any atom is -0.309 e. The summed E-state index contributed by atoms with van der Waals surface area (Å²) in [4.78, 5) is 4.92. The van der Waals surface area contributed by atoms with Crippen molar-refractivity contribution in [3.63, 3.8) is 0 Å². The van der Waals surface area contributed by atoms with Gasteiger partial charge < -0.3 is 9.80 Å². The fraction of sp³-hybridized carbons (Fsp3) is 0.0526. The van der Waals surface area contributed by atoms with Gasteiger partial charge in [0.1, 0.15) is 0 Å². The predicted molar refractivity (Wildman–Crippen MR) is 248 cm³/mol. The van der Waals surface area contributed by atoms with Crippen molar-refractivity contribution in [1.82, 2.24) is 0 Å². The van der Waals surface area contributed by atoms with E-state index >= 15 is 0 Å². The highest BCUT2D eigenvalue weighted by Gasteiger charge is 2.36. The third-order valence-electron chi connectivity index (χ3n) is 13.0. The van der Waals surface area contributed by atoms with Gasteiger partial charge in [0.2, 0.25) is 0 Å². The topological polar surface area (TPSA) is 6.48 Å². The quantitative estimate of drug-likeness (QED) is 0.177. The van der Waals surface area contributed by atoms with Crippen molar-refractivity contribution in [2.75, 3.05) is 9.80 Å². The molecule has 0 saturated carbocycles. The van der Waals surface area contributed by atoms with Crippen LogP contribution in [-0.4, -0.2) is 0 Å². The lowest BCUT2D eigenvalue weighted by molar-refractivity contribution is 0.660. The Hall–Kier alpha value is -7.42. The Morgan fingerprint density at radius 3 is 1.24 bits per heavy atom. The van der Waals surface area contributed by atoms with Gasteiger partial charge in [0.15, 0.2) is 0 Å². The SMILES string of the molecule is CC1(C)c2ccccc2-c2ccc(N3c4ccccc4-c4ccccc4-c4cc(-c5ccc6c(c5)-c5ccccc5-c5ccccc5N6c5ccccc5)ccc43)cc21. The smallest absolute Gasteiger partial charge is 0.0540 e. The van der Waals surface area contributed by atoms with Crippen molar-refractivity contribution in [2.24, 2.45) is 0 Å². The molecule has 1 aliphatic carbocycles. The minimum absolute atomic E-state index is 0.107. The van der Waals surface area contributed by atoms with Crippen LogP contribution >= 0.6 is 0 Å². The highest BCUT2D eigenvalue weighted by Crippen LogP contribution is 2.56. The van der Waals surface area contributed by atoms with E-state index in [9.17, 15) is 0 Å². The molecule has 0 aromatic heterocycles. The van der Waals surface area contributed by atoms with E-state index in [-0.39, 0.29) is 5.41 Å². The van der Waals surface area contributed by atoms with Gasteiger partial charge in [-0.3, -0.25) is 0 Å². The van der Waals surface area contributed by atoms with Crippen molar-refractivity contribution >= 4 is 34.1 Å². The molecule has 59 heavy (non-hydrogen) atoms. The van der Waals surface area contributed by atoms with Gasteiger partial charge in [0, 0.05) is 39.0 Å². The van der Waals surface area contributed by atoms with Crippen LogP contribution < -0.4 is 9.80 Å². The molecular formula is C57H40N2. The van der Waals surface area contributed by atoms with Crippen LogP contribution in [0.15, 0.2) is 206 Å². The van der Waals surface area contributed by atoms with Gasteiger partial charge in [-0.05, 0) is 116 Å². The van der Waals surface area contributed by atoms with E-state index in [2.05, 4.69) is 230 Å². The maximum atomic E-state index is 2.50. The molecule has 0 amide bonds. The zero-order valence-corrected chi connectivity index (χ0v) is 33.0. The van der Waals surface area contributed by atoms with Crippen LogP contribution in [0.5, 0.6) is 0 Å². The van der Waals surface area contributed by atoms with Crippen LogP contribution in [0.1, 0.15) is 25.0 Å².